The molecule has 166 valence electrons. The average molecular weight is 441 g/mol. The maximum Gasteiger partial charge on any atom is 0.258 e. The van der Waals surface area contributed by atoms with Crippen molar-refractivity contribution in [3.8, 4) is 0 Å². The van der Waals surface area contributed by atoms with Gasteiger partial charge in [-0.05, 0) is 43.9 Å². The number of rotatable bonds is 4. The molecule has 0 spiro atoms. The third kappa shape index (κ3) is 3.28. The molecule has 1 aliphatic heterocycles. The van der Waals surface area contributed by atoms with Crippen LogP contribution < -0.4 is 0 Å². The molecule has 5 aromatic rings. The number of imidazole rings is 1. The van der Waals surface area contributed by atoms with Crippen molar-refractivity contribution >= 4 is 16.9 Å². The molecule has 0 aliphatic carbocycles. The number of nitrogens with zero attached hydrogens (tertiary/aromatic N) is 7. The number of hydrogen-bond donors (Lipinski definition) is 1. The molecule has 0 fully saturated rings. The van der Waals surface area contributed by atoms with Crippen molar-refractivity contribution in [2.24, 2.45) is 0 Å². The van der Waals surface area contributed by atoms with Gasteiger partial charge in [0.05, 0.1) is 40.5 Å². The molecule has 5 aromatic heterocycles. The molecule has 1 aliphatic rings. The van der Waals surface area contributed by atoms with Crippen LogP contribution in [0.3, 0.4) is 0 Å². The Hall–Kier alpha value is -3.98. The highest BCUT2D eigenvalue weighted by Crippen LogP contribution is 2.34. The summed E-state index contributed by atoms with van der Waals surface area (Å²) in [5, 5.41) is 9.25. The zero-order valence-corrected chi connectivity index (χ0v) is 18.5. The summed E-state index contributed by atoms with van der Waals surface area (Å²) < 4.78 is 3.62. The van der Waals surface area contributed by atoms with Crippen LogP contribution in [0.2, 0.25) is 0 Å². The molecule has 1 atom stereocenters. The number of carbonyl (C=O) groups excluding carboxylic acids is 1. The lowest BCUT2D eigenvalue weighted by molar-refractivity contribution is 0.0689. The molecule has 6 rings (SSSR count). The zero-order chi connectivity index (χ0) is 22.5. The Morgan fingerprint density at radius 3 is 2.97 bits per heavy atom. The Morgan fingerprint density at radius 2 is 2.12 bits per heavy atom. The number of H-pyrrole nitrogens is 1. The molecule has 6 heterocycles. The SMILES string of the molecule is CN(C)Cc1ccc2c(C(=O)N3CCc4[nH]cnc4C3c3cc4ccccn4n3)cnn2c1. The predicted molar refractivity (Wildman–Crippen MR) is 123 cm³/mol. The van der Waals surface area contributed by atoms with E-state index in [4.69, 9.17) is 5.10 Å². The second kappa shape index (κ2) is 7.56. The van der Waals surface area contributed by atoms with Gasteiger partial charge in [0.25, 0.3) is 5.91 Å². The van der Waals surface area contributed by atoms with Crippen molar-refractivity contribution in [2.75, 3.05) is 20.6 Å². The van der Waals surface area contributed by atoms with Crippen molar-refractivity contribution in [2.45, 2.75) is 19.0 Å². The van der Waals surface area contributed by atoms with E-state index in [0.717, 1.165) is 46.6 Å². The minimum Gasteiger partial charge on any atom is -0.348 e. The zero-order valence-electron chi connectivity index (χ0n) is 18.5. The standard InChI is InChI=1S/C24H24N8O/c1-29(2)13-16-6-7-21-18(12-27-32(21)14-16)24(33)30-10-8-19-22(26-15-25-19)23(30)20-11-17-5-3-4-9-31(17)28-20/h3-7,9,11-12,14-15,23H,8,10,13H2,1-2H3,(H,25,26). The third-order valence-corrected chi connectivity index (χ3v) is 6.16. The van der Waals surface area contributed by atoms with Gasteiger partial charge in [0, 0.05) is 37.6 Å². The Morgan fingerprint density at radius 1 is 1.21 bits per heavy atom. The smallest absolute Gasteiger partial charge is 0.258 e. The molecule has 0 bridgehead atoms. The first-order valence-corrected chi connectivity index (χ1v) is 11.0. The van der Waals surface area contributed by atoms with E-state index in [-0.39, 0.29) is 11.9 Å². The lowest BCUT2D eigenvalue weighted by atomic mass is 9.98. The fourth-order valence-corrected chi connectivity index (χ4v) is 4.69. The summed E-state index contributed by atoms with van der Waals surface area (Å²) in [6.07, 6.45) is 7.97. The minimum absolute atomic E-state index is 0.0685. The molecule has 33 heavy (non-hydrogen) atoms. The van der Waals surface area contributed by atoms with Crippen LogP contribution in [0.4, 0.5) is 0 Å². The minimum atomic E-state index is -0.365. The van der Waals surface area contributed by atoms with Gasteiger partial charge in [-0.3, -0.25) is 4.79 Å². The number of aromatic amines is 1. The fourth-order valence-electron chi connectivity index (χ4n) is 4.69. The largest absolute Gasteiger partial charge is 0.348 e. The summed E-state index contributed by atoms with van der Waals surface area (Å²) in [7, 11) is 4.06. The first kappa shape index (κ1) is 19.7. The monoisotopic (exact) mass is 440 g/mol. The molecule has 0 aromatic carbocycles. The number of carbonyl (C=O) groups is 1. The molecule has 0 saturated carbocycles. The van der Waals surface area contributed by atoms with Gasteiger partial charge in [-0.1, -0.05) is 12.1 Å². The highest BCUT2D eigenvalue weighted by atomic mass is 16.2. The molecule has 1 unspecified atom stereocenters. The molecular formula is C24H24N8O. The third-order valence-electron chi connectivity index (χ3n) is 6.16. The second-order valence-electron chi connectivity index (χ2n) is 8.72. The van der Waals surface area contributed by atoms with E-state index in [1.807, 2.05) is 66.2 Å². The summed E-state index contributed by atoms with van der Waals surface area (Å²) in [4.78, 5) is 25.6. The molecule has 9 nitrogen and oxygen atoms in total. The number of nitrogens with one attached hydrogen (secondary N) is 1. The van der Waals surface area contributed by atoms with Crippen LogP contribution >= 0.6 is 0 Å². The van der Waals surface area contributed by atoms with Crippen molar-refractivity contribution < 1.29 is 4.79 Å². The molecule has 0 saturated heterocycles. The van der Waals surface area contributed by atoms with Gasteiger partial charge in [-0.2, -0.15) is 10.2 Å². The molecule has 1 N–H and O–H groups in total. The van der Waals surface area contributed by atoms with Crippen molar-refractivity contribution in [1.82, 2.24) is 39.0 Å². The van der Waals surface area contributed by atoms with Gasteiger partial charge in [-0.15, -0.1) is 0 Å². The lowest BCUT2D eigenvalue weighted by Gasteiger charge is -2.33. The molecule has 0 radical (unpaired) electrons. The molecule has 1 amide bonds. The molecular weight excluding hydrogens is 416 g/mol. The summed E-state index contributed by atoms with van der Waals surface area (Å²) in [6.45, 7) is 1.38. The predicted octanol–water partition coefficient (Wildman–Crippen LogP) is 2.55. The van der Waals surface area contributed by atoms with Gasteiger partial charge in [0.2, 0.25) is 0 Å². The Balaban J connectivity index is 1.41. The topological polar surface area (TPSA) is 86.8 Å². The normalized spacial score (nSPS) is 16.1. The quantitative estimate of drug-likeness (QED) is 0.464. The van der Waals surface area contributed by atoms with Crippen molar-refractivity contribution in [1.29, 1.82) is 0 Å². The van der Waals surface area contributed by atoms with E-state index in [0.29, 0.717) is 12.1 Å². The lowest BCUT2D eigenvalue weighted by Crippen LogP contribution is -2.41. The number of aromatic nitrogens is 6. The van der Waals surface area contributed by atoms with E-state index in [9.17, 15) is 4.79 Å². The van der Waals surface area contributed by atoms with Crippen LogP contribution in [-0.4, -0.2) is 65.5 Å². The first-order valence-electron chi connectivity index (χ1n) is 11.0. The first-order chi connectivity index (χ1) is 16.1. The van der Waals surface area contributed by atoms with Gasteiger partial charge in [0.1, 0.15) is 6.04 Å². The maximum absolute atomic E-state index is 13.9. The highest BCUT2D eigenvalue weighted by Gasteiger charge is 2.37. The summed E-state index contributed by atoms with van der Waals surface area (Å²) in [5.74, 6) is -0.0685. The number of amides is 1. The van der Waals surface area contributed by atoms with E-state index in [1.165, 1.54) is 0 Å². The van der Waals surface area contributed by atoms with E-state index < -0.39 is 0 Å². The maximum atomic E-state index is 13.9. The average Bonchev–Trinajstić information content (AvgIpc) is 3.54. The Kier molecular flexibility index (Phi) is 4.51. The van der Waals surface area contributed by atoms with Crippen molar-refractivity contribution in [3.05, 3.63) is 89.5 Å². The van der Waals surface area contributed by atoms with E-state index in [1.54, 1.807) is 17.0 Å². The highest BCUT2D eigenvalue weighted by molar-refractivity contribution is 6.01. The van der Waals surface area contributed by atoms with Crippen molar-refractivity contribution in [3.63, 3.8) is 0 Å². The number of pyridine rings is 2. The van der Waals surface area contributed by atoms with Gasteiger partial charge in [-0.25, -0.2) is 14.0 Å². The van der Waals surface area contributed by atoms with Crippen LogP contribution in [0.5, 0.6) is 0 Å². The Labute approximate surface area is 190 Å². The second-order valence-corrected chi connectivity index (χ2v) is 8.72. The van der Waals surface area contributed by atoms with E-state index in [2.05, 4.69) is 26.0 Å². The number of fused-ring (bicyclic) bond motifs is 3. The van der Waals surface area contributed by atoms with Gasteiger partial charge in [0.15, 0.2) is 0 Å². The summed E-state index contributed by atoms with van der Waals surface area (Å²) in [6, 6.07) is 11.6. The van der Waals surface area contributed by atoms with Crippen LogP contribution in [-0.2, 0) is 13.0 Å². The van der Waals surface area contributed by atoms with Gasteiger partial charge < -0.3 is 14.8 Å². The van der Waals surface area contributed by atoms with Crippen LogP contribution in [0, 0.1) is 0 Å². The number of hydrogen-bond acceptors (Lipinski definition) is 5. The van der Waals surface area contributed by atoms with E-state index >= 15 is 0 Å². The molecule has 9 heteroatoms. The Bertz CT molecular complexity index is 1440. The summed E-state index contributed by atoms with van der Waals surface area (Å²) >= 11 is 0. The van der Waals surface area contributed by atoms with Gasteiger partial charge >= 0.3 is 0 Å². The van der Waals surface area contributed by atoms with Crippen LogP contribution in [0.15, 0.2) is 61.3 Å². The van der Waals surface area contributed by atoms with Crippen LogP contribution in [0.1, 0.15) is 39.0 Å². The fraction of sp³-hybridized carbons (Fsp3) is 0.250. The summed E-state index contributed by atoms with van der Waals surface area (Å²) in [5.41, 5.74) is 6.19. The van der Waals surface area contributed by atoms with Crippen LogP contribution in [0.25, 0.3) is 11.0 Å².